The van der Waals surface area contributed by atoms with E-state index >= 15 is 0 Å². The van der Waals surface area contributed by atoms with E-state index in [-0.39, 0.29) is 0 Å². The van der Waals surface area contributed by atoms with Crippen LogP contribution in [-0.4, -0.2) is 6.54 Å². The lowest BCUT2D eigenvalue weighted by atomic mass is 9.89. The Kier molecular flexibility index (Phi) is 10.1. The van der Waals surface area contributed by atoms with Crippen LogP contribution >= 0.6 is 0 Å². The lowest BCUT2D eigenvalue weighted by Gasteiger charge is -2.17. The van der Waals surface area contributed by atoms with Gasteiger partial charge < -0.3 is 5.73 Å². The maximum atomic E-state index is 5.46. The molecule has 1 heteroatoms. The van der Waals surface area contributed by atoms with Crippen molar-refractivity contribution in [3.63, 3.8) is 0 Å². The molecule has 0 aliphatic rings. The second-order valence-electron chi connectivity index (χ2n) is 6.28. The smallest absolute Gasteiger partial charge is 0.00773 e. The Bertz CT molecular complexity index is 135. The molecule has 0 atom stereocenters. The fraction of sp³-hybridized carbons (Fsp3) is 1.00. The highest BCUT2D eigenvalue weighted by Gasteiger charge is 2.08. The van der Waals surface area contributed by atoms with Gasteiger partial charge in [-0.05, 0) is 24.8 Å². The molecule has 0 aliphatic heterocycles. The lowest BCUT2D eigenvalue weighted by Crippen LogP contribution is -2.03. The second kappa shape index (κ2) is 10.1. The summed E-state index contributed by atoms with van der Waals surface area (Å²) in [6.07, 6.45) is 13.9. The van der Waals surface area contributed by atoms with Crippen molar-refractivity contribution in [2.24, 2.45) is 11.1 Å². The van der Waals surface area contributed by atoms with E-state index < -0.39 is 0 Å². The SMILES string of the molecule is CC(C)(C)CCCCCCCCCCCN. The Morgan fingerprint density at radius 1 is 0.625 bits per heavy atom. The van der Waals surface area contributed by atoms with Crippen molar-refractivity contribution in [1.82, 2.24) is 0 Å². The largest absolute Gasteiger partial charge is 0.330 e. The summed E-state index contributed by atoms with van der Waals surface area (Å²) in [5, 5.41) is 0. The fourth-order valence-electron chi connectivity index (χ4n) is 2.04. The summed E-state index contributed by atoms with van der Waals surface area (Å²) in [4.78, 5) is 0. The van der Waals surface area contributed by atoms with Gasteiger partial charge in [0.25, 0.3) is 0 Å². The van der Waals surface area contributed by atoms with Crippen molar-refractivity contribution in [3.05, 3.63) is 0 Å². The van der Waals surface area contributed by atoms with Gasteiger partial charge in [-0.1, -0.05) is 72.1 Å². The Labute approximate surface area is 103 Å². The zero-order valence-electron chi connectivity index (χ0n) is 11.9. The first-order chi connectivity index (χ1) is 7.56. The van der Waals surface area contributed by atoms with Crippen molar-refractivity contribution in [2.45, 2.75) is 85.0 Å². The predicted molar refractivity (Wildman–Crippen MR) is 74.7 cm³/mol. The number of rotatable bonds is 10. The van der Waals surface area contributed by atoms with Gasteiger partial charge in [-0.25, -0.2) is 0 Å². The summed E-state index contributed by atoms with van der Waals surface area (Å²) in [6.45, 7) is 7.88. The van der Waals surface area contributed by atoms with Gasteiger partial charge in [0, 0.05) is 0 Å². The van der Waals surface area contributed by atoms with Crippen molar-refractivity contribution < 1.29 is 0 Å². The third kappa shape index (κ3) is 14.0. The molecule has 16 heavy (non-hydrogen) atoms. The lowest BCUT2D eigenvalue weighted by molar-refractivity contribution is 0.356. The molecule has 0 spiro atoms. The van der Waals surface area contributed by atoms with Gasteiger partial charge in [0.15, 0.2) is 0 Å². The molecule has 0 bridgehead atoms. The molecule has 0 saturated heterocycles. The predicted octanol–water partition coefficient (Wildman–Crippen LogP) is 4.89. The molecule has 98 valence electrons. The van der Waals surface area contributed by atoms with Gasteiger partial charge in [0.2, 0.25) is 0 Å². The maximum absolute atomic E-state index is 5.46. The first-order valence-corrected chi connectivity index (χ1v) is 7.26. The van der Waals surface area contributed by atoms with Gasteiger partial charge in [-0.2, -0.15) is 0 Å². The summed E-state index contributed by atoms with van der Waals surface area (Å²) in [5.74, 6) is 0. The highest BCUT2D eigenvalue weighted by molar-refractivity contribution is 4.61. The van der Waals surface area contributed by atoms with E-state index in [0.717, 1.165) is 6.54 Å². The molecule has 2 N–H and O–H groups in total. The van der Waals surface area contributed by atoms with Crippen LogP contribution < -0.4 is 5.73 Å². The van der Waals surface area contributed by atoms with E-state index in [4.69, 9.17) is 5.73 Å². The van der Waals surface area contributed by atoms with Crippen molar-refractivity contribution >= 4 is 0 Å². The van der Waals surface area contributed by atoms with Crippen LogP contribution in [0.1, 0.15) is 85.0 Å². The molecule has 0 fully saturated rings. The normalized spacial score (nSPS) is 12.0. The average molecular weight is 227 g/mol. The van der Waals surface area contributed by atoms with Crippen LogP contribution in [0.3, 0.4) is 0 Å². The maximum Gasteiger partial charge on any atom is -0.00773 e. The summed E-state index contributed by atoms with van der Waals surface area (Å²) in [5.41, 5.74) is 5.99. The molecule has 0 aromatic heterocycles. The van der Waals surface area contributed by atoms with Crippen LogP contribution in [0.2, 0.25) is 0 Å². The zero-order chi connectivity index (χ0) is 12.3. The molecule has 0 rings (SSSR count). The molecule has 0 aromatic carbocycles. The van der Waals surface area contributed by atoms with Crippen molar-refractivity contribution in [3.8, 4) is 0 Å². The van der Waals surface area contributed by atoms with Gasteiger partial charge in [0.05, 0.1) is 0 Å². The van der Waals surface area contributed by atoms with Crippen LogP contribution in [-0.2, 0) is 0 Å². The Morgan fingerprint density at radius 3 is 1.38 bits per heavy atom. The van der Waals surface area contributed by atoms with E-state index in [1.807, 2.05) is 0 Å². The first kappa shape index (κ1) is 16.0. The summed E-state index contributed by atoms with van der Waals surface area (Å²) < 4.78 is 0. The van der Waals surface area contributed by atoms with Crippen LogP contribution in [0.15, 0.2) is 0 Å². The van der Waals surface area contributed by atoms with E-state index in [1.165, 1.54) is 64.2 Å². The molecule has 0 saturated carbocycles. The Morgan fingerprint density at radius 2 is 1.00 bits per heavy atom. The van der Waals surface area contributed by atoms with E-state index in [1.54, 1.807) is 0 Å². The van der Waals surface area contributed by atoms with Gasteiger partial charge in [-0.3, -0.25) is 0 Å². The van der Waals surface area contributed by atoms with Gasteiger partial charge >= 0.3 is 0 Å². The third-order valence-corrected chi connectivity index (χ3v) is 3.13. The van der Waals surface area contributed by atoms with Crippen LogP contribution in [0.25, 0.3) is 0 Å². The van der Waals surface area contributed by atoms with Crippen LogP contribution in [0.4, 0.5) is 0 Å². The summed E-state index contributed by atoms with van der Waals surface area (Å²) in [6, 6.07) is 0. The van der Waals surface area contributed by atoms with E-state index in [0.29, 0.717) is 5.41 Å². The monoisotopic (exact) mass is 227 g/mol. The fourth-order valence-corrected chi connectivity index (χ4v) is 2.04. The topological polar surface area (TPSA) is 26.0 Å². The molecule has 0 amide bonds. The summed E-state index contributed by atoms with van der Waals surface area (Å²) in [7, 11) is 0. The molecule has 1 nitrogen and oxygen atoms in total. The van der Waals surface area contributed by atoms with E-state index in [2.05, 4.69) is 20.8 Å². The highest BCUT2D eigenvalue weighted by atomic mass is 14.5. The molecule has 0 aromatic rings. The molecule has 0 radical (unpaired) electrons. The molecular weight excluding hydrogens is 194 g/mol. The number of hydrogen-bond donors (Lipinski definition) is 1. The highest BCUT2D eigenvalue weighted by Crippen LogP contribution is 2.22. The van der Waals surface area contributed by atoms with Gasteiger partial charge in [0.1, 0.15) is 0 Å². The zero-order valence-corrected chi connectivity index (χ0v) is 11.9. The minimum absolute atomic E-state index is 0.530. The number of unbranched alkanes of at least 4 members (excludes halogenated alkanes) is 8. The molecule has 0 heterocycles. The Hall–Kier alpha value is -0.0400. The quantitative estimate of drug-likeness (QED) is 0.528. The molecular formula is C15H33N. The van der Waals surface area contributed by atoms with Crippen LogP contribution in [0.5, 0.6) is 0 Å². The second-order valence-corrected chi connectivity index (χ2v) is 6.28. The number of nitrogens with two attached hydrogens (primary N) is 1. The molecule has 0 aliphatic carbocycles. The minimum atomic E-state index is 0.530. The molecule has 0 unspecified atom stereocenters. The third-order valence-electron chi connectivity index (χ3n) is 3.13. The van der Waals surface area contributed by atoms with Crippen molar-refractivity contribution in [2.75, 3.05) is 6.54 Å². The average Bonchev–Trinajstić information content (AvgIpc) is 2.19. The first-order valence-electron chi connectivity index (χ1n) is 7.26. The van der Waals surface area contributed by atoms with Gasteiger partial charge in [-0.15, -0.1) is 0 Å². The van der Waals surface area contributed by atoms with E-state index in [9.17, 15) is 0 Å². The van der Waals surface area contributed by atoms with Crippen molar-refractivity contribution in [1.29, 1.82) is 0 Å². The summed E-state index contributed by atoms with van der Waals surface area (Å²) >= 11 is 0. The Balaban J connectivity index is 2.99. The minimum Gasteiger partial charge on any atom is -0.330 e. The number of hydrogen-bond acceptors (Lipinski definition) is 1. The standard InChI is InChI=1S/C15H33N/c1-15(2,3)13-11-9-7-5-4-6-8-10-12-14-16/h4-14,16H2,1-3H3. The van der Waals surface area contributed by atoms with Crippen LogP contribution in [0, 0.1) is 5.41 Å².